The van der Waals surface area contributed by atoms with Gasteiger partial charge < -0.3 is 15.1 Å². The zero-order chi connectivity index (χ0) is 15.4. The maximum atomic E-state index is 6.32. The Kier molecular flexibility index (Phi) is 6.06. The Hall–Kier alpha value is -0.610. The molecule has 1 N–H and O–H groups in total. The molecular formula is C17H28ClN3. The van der Waals surface area contributed by atoms with Gasteiger partial charge in [0.1, 0.15) is 0 Å². The molecule has 1 aliphatic heterocycles. The molecule has 3 atom stereocenters. The van der Waals surface area contributed by atoms with Crippen molar-refractivity contribution in [3.8, 4) is 0 Å². The van der Waals surface area contributed by atoms with Crippen LogP contribution in [-0.2, 0) is 0 Å². The van der Waals surface area contributed by atoms with Crippen LogP contribution in [0, 0.1) is 5.92 Å². The number of benzene rings is 1. The third-order valence-corrected chi connectivity index (χ3v) is 5.02. The van der Waals surface area contributed by atoms with Crippen LogP contribution < -0.4 is 5.32 Å². The van der Waals surface area contributed by atoms with E-state index in [-0.39, 0.29) is 0 Å². The summed E-state index contributed by atoms with van der Waals surface area (Å²) in [5.41, 5.74) is 1.21. The molecule has 3 nitrogen and oxygen atoms in total. The predicted octanol–water partition coefficient (Wildman–Crippen LogP) is 2.87. The van der Waals surface area contributed by atoms with E-state index in [1.165, 1.54) is 18.7 Å². The Morgan fingerprint density at radius 3 is 2.62 bits per heavy atom. The minimum atomic E-state index is 0.326. The zero-order valence-electron chi connectivity index (χ0n) is 13.6. The highest BCUT2D eigenvalue weighted by atomic mass is 35.5. The highest BCUT2D eigenvalue weighted by Crippen LogP contribution is 2.26. The quantitative estimate of drug-likeness (QED) is 0.872. The number of likely N-dealkylation sites (tertiary alicyclic amines) is 1. The Morgan fingerprint density at radius 2 is 2.05 bits per heavy atom. The summed E-state index contributed by atoms with van der Waals surface area (Å²) in [6.45, 7) is 5.84. The zero-order valence-corrected chi connectivity index (χ0v) is 14.4. The van der Waals surface area contributed by atoms with Crippen molar-refractivity contribution in [2.45, 2.75) is 25.4 Å². The van der Waals surface area contributed by atoms with E-state index in [9.17, 15) is 0 Å². The monoisotopic (exact) mass is 309 g/mol. The molecule has 21 heavy (non-hydrogen) atoms. The first kappa shape index (κ1) is 16.8. The Morgan fingerprint density at radius 1 is 1.33 bits per heavy atom. The van der Waals surface area contributed by atoms with E-state index >= 15 is 0 Å². The summed E-state index contributed by atoms with van der Waals surface area (Å²) in [5.74, 6) is 0.744. The number of nitrogens with one attached hydrogen (secondary N) is 1. The average Bonchev–Trinajstić information content (AvgIpc) is 2.82. The van der Waals surface area contributed by atoms with Crippen LogP contribution in [0.4, 0.5) is 0 Å². The molecular weight excluding hydrogens is 282 g/mol. The molecule has 0 aromatic heterocycles. The molecule has 0 spiro atoms. The summed E-state index contributed by atoms with van der Waals surface area (Å²) in [7, 11) is 6.39. The molecule has 3 unspecified atom stereocenters. The summed E-state index contributed by atoms with van der Waals surface area (Å²) in [5, 5.41) is 4.27. The molecule has 0 saturated carbocycles. The molecule has 0 radical (unpaired) electrons. The van der Waals surface area contributed by atoms with Gasteiger partial charge in [0, 0.05) is 36.7 Å². The number of hydrogen-bond acceptors (Lipinski definition) is 3. The Bertz CT molecular complexity index is 449. The maximum Gasteiger partial charge on any atom is 0.0453 e. The standard InChI is InChI=1S/C17H28ClN3/c1-13-11-21(12-17(13)20(3)4)10-9-16(19-2)14-7-5-6-8-15(14)18/h5-8,13,16-17,19H,9-12H2,1-4H3. The fourth-order valence-corrected chi connectivity index (χ4v) is 3.69. The molecule has 1 saturated heterocycles. The van der Waals surface area contributed by atoms with Crippen molar-refractivity contribution >= 4 is 11.6 Å². The van der Waals surface area contributed by atoms with Gasteiger partial charge in [-0.05, 0) is 45.1 Å². The van der Waals surface area contributed by atoms with Crippen molar-refractivity contribution in [2.75, 3.05) is 40.8 Å². The van der Waals surface area contributed by atoms with E-state index in [4.69, 9.17) is 11.6 Å². The van der Waals surface area contributed by atoms with Crippen LogP contribution in [0.5, 0.6) is 0 Å². The summed E-state index contributed by atoms with van der Waals surface area (Å²) >= 11 is 6.32. The van der Waals surface area contributed by atoms with Crippen LogP contribution >= 0.6 is 11.6 Å². The minimum absolute atomic E-state index is 0.326. The second-order valence-corrected chi connectivity index (χ2v) is 6.83. The SMILES string of the molecule is CNC(CCN1CC(C)C(N(C)C)C1)c1ccccc1Cl. The van der Waals surface area contributed by atoms with Gasteiger partial charge in [-0.3, -0.25) is 0 Å². The molecule has 118 valence electrons. The third-order valence-electron chi connectivity index (χ3n) is 4.67. The number of rotatable bonds is 6. The van der Waals surface area contributed by atoms with Gasteiger partial charge in [-0.2, -0.15) is 0 Å². The van der Waals surface area contributed by atoms with E-state index < -0.39 is 0 Å². The van der Waals surface area contributed by atoms with Crippen LogP contribution in [0.3, 0.4) is 0 Å². The Balaban J connectivity index is 1.91. The van der Waals surface area contributed by atoms with Crippen LogP contribution in [0.1, 0.15) is 24.9 Å². The first-order chi connectivity index (χ1) is 10.0. The van der Waals surface area contributed by atoms with Gasteiger partial charge in [0.15, 0.2) is 0 Å². The van der Waals surface area contributed by atoms with Crippen LogP contribution in [0.25, 0.3) is 0 Å². The molecule has 1 aromatic carbocycles. The van der Waals surface area contributed by atoms with Crippen molar-refractivity contribution in [3.05, 3.63) is 34.9 Å². The summed E-state index contributed by atoms with van der Waals surface area (Å²) in [6, 6.07) is 9.15. The normalized spacial score (nSPS) is 24.7. The number of hydrogen-bond donors (Lipinski definition) is 1. The van der Waals surface area contributed by atoms with Crippen molar-refractivity contribution in [1.29, 1.82) is 0 Å². The van der Waals surface area contributed by atoms with Gasteiger partial charge in [-0.25, -0.2) is 0 Å². The first-order valence-electron chi connectivity index (χ1n) is 7.83. The van der Waals surface area contributed by atoms with Gasteiger partial charge in [-0.1, -0.05) is 36.7 Å². The predicted molar refractivity (Wildman–Crippen MR) is 90.9 cm³/mol. The van der Waals surface area contributed by atoms with Gasteiger partial charge in [0.25, 0.3) is 0 Å². The number of nitrogens with zero attached hydrogens (tertiary/aromatic N) is 2. The molecule has 0 amide bonds. The molecule has 1 fully saturated rings. The lowest BCUT2D eigenvalue weighted by Crippen LogP contribution is -2.34. The molecule has 4 heteroatoms. The van der Waals surface area contributed by atoms with Crippen molar-refractivity contribution in [1.82, 2.24) is 15.1 Å². The number of halogens is 1. The lowest BCUT2D eigenvalue weighted by atomic mass is 10.0. The lowest BCUT2D eigenvalue weighted by Gasteiger charge is -2.24. The third kappa shape index (κ3) is 4.19. The molecule has 1 aromatic rings. The minimum Gasteiger partial charge on any atom is -0.313 e. The topological polar surface area (TPSA) is 18.5 Å². The summed E-state index contributed by atoms with van der Waals surface area (Å²) < 4.78 is 0. The van der Waals surface area contributed by atoms with E-state index in [1.54, 1.807) is 0 Å². The molecule has 2 rings (SSSR count). The lowest BCUT2D eigenvalue weighted by molar-refractivity contribution is 0.248. The van der Waals surface area contributed by atoms with Crippen LogP contribution in [0.15, 0.2) is 24.3 Å². The second-order valence-electron chi connectivity index (χ2n) is 6.42. The maximum absolute atomic E-state index is 6.32. The molecule has 1 aliphatic rings. The van der Waals surface area contributed by atoms with Crippen molar-refractivity contribution in [2.24, 2.45) is 5.92 Å². The van der Waals surface area contributed by atoms with Gasteiger partial charge in [0.05, 0.1) is 0 Å². The largest absolute Gasteiger partial charge is 0.313 e. The highest BCUT2D eigenvalue weighted by molar-refractivity contribution is 6.31. The number of likely N-dealkylation sites (N-methyl/N-ethyl adjacent to an activating group) is 1. The van der Waals surface area contributed by atoms with Crippen molar-refractivity contribution in [3.63, 3.8) is 0 Å². The summed E-state index contributed by atoms with van der Waals surface area (Å²) in [6.07, 6.45) is 1.09. The van der Waals surface area contributed by atoms with E-state index in [0.717, 1.165) is 23.9 Å². The first-order valence-corrected chi connectivity index (χ1v) is 8.21. The summed E-state index contributed by atoms with van der Waals surface area (Å²) in [4.78, 5) is 4.94. The highest BCUT2D eigenvalue weighted by Gasteiger charge is 2.30. The van der Waals surface area contributed by atoms with E-state index in [1.807, 2.05) is 19.2 Å². The Labute approximate surface area is 134 Å². The molecule has 0 aliphatic carbocycles. The van der Waals surface area contributed by atoms with Crippen LogP contribution in [-0.4, -0.2) is 56.6 Å². The second kappa shape index (κ2) is 7.59. The molecule has 1 heterocycles. The van der Waals surface area contributed by atoms with Crippen LogP contribution in [0.2, 0.25) is 5.02 Å². The van der Waals surface area contributed by atoms with Crippen molar-refractivity contribution < 1.29 is 0 Å². The molecule has 0 bridgehead atoms. The fraction of sp³-hybridized carbons (Fsp3) is 0.647. The van der Waals surface area contributed by atoms with E-state index in [2.05, 4.69) is 48.3 Å². The fourth-order valence-electron chi connectivity index (χ4n) is 3.43. The van der Waals surface area contributed by atoms with Gasteiger partial charge in [-0.15, -0.1) is 0 Å². The smallest absolute Gasteiger partial charge is 0.0453 e. The average molecular weight is 310 g/mol. The van der Waals surface area contributed by atoms with E-state index in [0.29, 0.717) is 12.1 Å². The van der Waals surface area contributed by atoms with Gasteiger partial charge >= 0.3 is 0 Å². The van der Waals surface area contributed by atoms with Gasteiger partial charge in [0.2, 0.25) is 0 Å².